The molecule has 0 aliphatic heterocycles. The number of benzene rings is 2. The molecule has 0 fully saturated rings. The third kappa shape index (κ3) is 2.82. The number of nitrogens with one attached hydrogen (secondary N) is 1. The number of aromatic hydroxyl groups is 1. The molecule has 0 radical (unpaired) electrons. The standard InChI is InChI=1S/C16H14N4O/c17-20-16-18-14(11-4-2-1-3-5-11)10-15(19-16)12-6-8-13(21)9-7-12/h1-10,21H,17H2,(H,18,19,20). The molecule has 5 heteroatoms. The minimum Gasteiger partial charge on any atom is -0.508 e. The summed E-state index contributed by atoms with van der Waals surface area (Å²) in [4.78, 5) is 8.72. The van der Waals surface area contributed by atoms with Gasteiger partial charge in [-0.15, -0.1) is 0 Å². The predicted octanol–water partition coefficient (Wildman–Crippen LogP) is 2.80. The van der Waals surface area contributed by atoms with Crippen LogP contribution in [0.2, 0.25) is 0 Å². The van der Waals surface area contributed by atoms with Gasteiger partial charge in [0.15, 0.2) is 0 Å². The summed E-state index contributed by atoms with van der Waals surface area (Å²) in [6.07, 6.45) is 0. The van der Waals surface area contributed by atoms with E-state index in [4.69, 9.17) is 5.84 Å². The molecule has 5 nitrogen and oxygen atoms in total. The van der Waals surface area contributed by atoms with Gasteiger partial charge in [0, 0.05) is 11.1 Å². The van der Waals surface area contributed by atoms with Crippen LogP contribution in [0.25, 0.3) is 22.5 Å². The third-order valence-corrected chi connectivity index (χ3v) is 3.09. The molecule has 0 unspecified atom stereocenters. The van der Waals surface area contributed by atoms with E-state index in [0.717, 1.165) is 22.5 Å². The van der Waals surface area contributed by atoms with Crippen molar-refractivity contribution >= 4 is 5.95 Å². The molecular weight excluding hydrogens is 264 g/mol. The van der Waals surface area contributed by atoms with Crippen LogP contribution in [0, 0.1) is 0 Å². The maximum Gasteiger partial charge on any atom is 0.238 e. The number of nitrogens with zero attached hydrogens (tertiary/aromatic N) is 2. The molecule has 21 heavy (non-hydrogen) atoms. The number of hydrogen-bond acceptors (Lipinski definition) is 5. The Morgan fingerprint density at radius 3 is 1.95 bits per heavy atom. The number of anilines is 1. The molecule has 1 aromatic heterocycles. The van der Waals surface area contributed by atoms with Crippen molar-refractivity contribution in [3.63, 3.8) is 0 Å². The number of hydrogen-bond donors (Lipinski definition) is 3. The van der Waals surface area contributed by atoms with E-state index in [1.807, 2.05) is 36.4 Å². The Kier molecular flexibility index (Phi) is 3.49. The van der Waals surface area contributed by atoms with Gasteiger partial charge in [-0.05, 0) is 30.3 Å². The topological polar surface area (TPSA) is 84.1 Å². The van der Waals surface area contributed by atoms with E-state index in [9.17, 15) is 5.11 Å². The minimum atomic E-state index is 0.216. The Balaban J connectivity index is 2.11. The molecule has 0 atom stereocenters. The van der Waals surface area contributed by atoms with E-state index in [-0.39, 0.29) is 5.75 Å². The second kappa shape index (κ2) is 5.60. The van der Waals surface area contributed by atoms with Gasteiger partial charge in [-0.3, -0.25) is 5.43 Å². The number of phenolic OH excluding ortho intramolecular Hbond substituents is 1. The smallest absolute Gasteiger partial charge is 0.238 e. The van der Waals surface area contributed by atoms with Crippen LogP contribution in [0.1, 0.15) is 0 Å². The summed E-state index contributed by atoms with van der Waals surface area (Å²) in [6, 6.07) is 18.5. The second-order valence-electron chi connectivity index (χ2n) is 4.52. The molecule has 0 saturated carbocycles. The van der Waals surface area contributed by atoms with Crippen molar-refractivity contribution in [2.45, 2.75) is 0 Å². The Labute approximate surface area is 122 Å². The van der Waals surface area contributed by atoms with Gasteiger partial charge in [0.05, 0.1) is 11.4 Å². The fraction of sp³-hybridized carbons (Fsp3) is 0. The molecule has 0 bridgehead atoms. The minimum absolute atomic E-state index is 0.216. The first-order chi connectivity index (χ1) is 10.3. The second-order valence-corrected chi connectivity index (χ2v) is 4.52. The summed E-state index contributed by atoms with van der Waals surface area (Å²) < 4.78 is 0. The largest absolute Gasteiger partial charge is 0.508 e. The summed E-state index contributed by atoms with van der Waals surface area (Å²) in [5.74, 6) is 6.02. The number of aromatic nitrogens is 2. The molecule has 2 aromatic carbocycles. The lowest BCUT2D eigenvalue weighted by atomic mass is 10.1. The lowest BCUT2D eigenvalue weighted by molar-refractivity contribution is 0.475. The van der Waals surface area contributed by atoms with Crippen LogP contribution in [-0.4, -0.2) is 15.1 Å². The average Bonchev–Trinajstić information content (AvgIpc) is 2.56. The van der Waals surface area contributed by atoms with Crippen LogP contribution < -0.4 is 11.3 Å². The molecule has 0 aliphatic rings. The molecule has 4 N–H and O–H groups in total. The Hall–Kier alpha value is -2.92. The van der Waals surface area contributed by atoms with E-state index < -0.39 is 0 Å². The maximum atomic E-state index is 9.37. The third-order valence-electron chi connectivity index (χ3n) is 3.09. The Morgan fingerprint density at radius 1 is 0.810 bits per heavy atom. The quantitative estimate of drug-likeness (QED) is 0.507. The van der Waals surface area contributed by atoms with Crippen molar-refractivity contribution < 1.29 is 5.11 Å². The summed E-state index contributed by atoms with van der Waals surface area (Å²) in [5, 5.41) is 9.37. The SMILES string of the molecule is NNc1nc(-c2ccccc2)cc(-c2ccc(O)cc2)n1. The Morgan fingerprint density at radius 2 is 1.38 bits per heavy atom. The van der Waals surface area contributed by atoms with Gasteiger partial charge in [0.25, 0.3) is 0 Å². The maximum absolute atomic E-state index is 9.37. The summed E-state index contributed by atoms with van der Waals surface area (Å²) in [6.45, 7) is 0. The van der Waals surface area contributed by atoms with Crippen molar-refractivity contribution in [1.82, 2.24) is 9.97 Å². The zero-order valence-corrected chi connectivity index (χ0v) is 11.2. The molecule has 0 saturated heterocycles. The normalized spacial score (nSPS) is 10.3. The van der Waals surface area contributed by atoms with Gasteiger partial charge >= 0.3 is 0 Å². The molecule has 1 heterocycles. The predicted molar refractivity (Wildman–Crippen MR) is 82.4 cm³/mol. The molecule has 104 valence electrons. The molecule has 0 aliphatic carbocycles. The number of hydrazine groups is 1. The van der Waals surface area contributed by atoms with Gasteiger partial charge in [-0.25, -0.2) is 15.8 Å². The highest BCUT2D eigenvalue weighted by Gasteiger charge is 2.07. The number of nitrogen functional groups attached to an aromatic ring is 1. The monoisotopic (exact) mass is 278 g/mol. The number of rotatable bonds is 3. The number of phenols is 1. The first-order valence-electron chi connectivity index (χ1n) is 6.47. The summed E-state index contributed by atoms with van der Waals surface area (Å²) >= 11 is 0. The van der Waals surface area contributed by atoms with Crippen molar-refractivity contribution in [1.29, 1.82) is 0 Å². The van der Waals surface area contributed by atoms with Crippen molar-refractivity contribution in [3.8, 4) is 28.3 Å². The average molecular weight is 278 g/mol. The molecular formula is C16H14N4O. The lowest BCUT2D eigenvalue weighted by Gasteiger charge is -2.08. The fourth-order valence-electron chi connectivity index (χ4n) is 2.05. The Bertz CT molecular complexity index is 742. The van der Waals surface area contributed by atoms with Crippen molar-refractivity contribution in [2.24, 2.45) is 5.84 Å². The zero-order chi connectivity index (χ0) is 14.7. The highest BCUT2D eigenvalue weighted by atomic mass is 16.3. The van der Waals surface area contributed by atoms with E-state index in [2.05, 4.69) is 15.4 Å². The van der Waals surface area contributed by atoms with E-state index >= 15 is 0 Å². The van der Waals surface area contributed by atoms with Crippen LogP contribution >= 0.6 is 0 Å². The molecule has 0 amide bonds. The van der Waals surface area contributed by atoms with Crippen LogP contribution in [0.5, 0.6) is 5.75 Å². The lowest BCUT2D eigenvalue weighted by Crippen LogP contribution is -2.11. The molecule has 3 aromatic rings. The first-order valence-corrected chi connectivity index (χ1v) is 6.47. The summed E-state index contributed by atoms with van der Waals surface area (Å²) in [5.41, 5.74) is 5.86. The number of nitrogens with two attached hydrogens (primary N) is 1. The van der Waals surface area contributed by atoms with Gasteiger partial charge < -0.3 is 5.11 Å². The first kappa shape index (κ1) is 13.1. The van der Waals surface area contributed by atoms with E-state index in [1.54, 1.807) is 24.3 Å². The van der Waals surface area contributed by atoms with Crippen molar-refractivity contribution in [3.05, 3.63) is 60.7 Å². The molecule has 3 rings (SSSR count). The van der Waals surface area contributed by atoms with Gasteiger partial charge in [-0.1, -0.05) is 30.3 Å². The zero-order valence-electron chi connectivity index (χ0n) is 11.2. The van der Waals surface area contributed by atoms with Crippen LogP contribution in [0.4, 0.5) is 5.95 Å². The van der Waals surface area contributed by atoms with E-state index in [1.165, 1.54) is 0 Å². The summed E-state index contributed by atoms with van der Waals surface area (Å²) in [7, 11) is 0. The van der Waals surface area contributed by atoms with Crippen LogP contribution in [-0.2, 0) is 0 Å². The van der Waals surface area contributed by atoms with Crippen LogP contribution in [0.3, 0.4) is 0 Å². The van der Waals surface area contributed by atoms with Gasteiger partial charge in [0.2, 0.25) is 5.95 Å². The highest BCUT2D eigenvalue weighted by Crippen LogP contribution is 2.25. The van der Waals surface area contributed by atoms with Crippen LogP contribution in [0.15, 0.2) is 60.7 Å². The van der Waals surface area contributed by atoms with Gasteiger partial charge in [0.1, 0.15) is 5.75 Å². The highest BCUT2D eigenvalue weighted by molar-refractivity contribution is 5.69. The molecule has 0 spiro atoms. The van der Waals surface area contributed by atoms with E-state index in [0.29, 0.717) is 5.95 Å². The van der Waals surface area contributed by atoms with Crippen molar-refractivity contribution in [2.75, 3.05) is 5.43 Å². The van der Waals surface area contributed by atoms with Gasteiger partial charge in [-0.2, -0.15) is 0 Å². The fourth-order valence-corrected chi connectivity index (χ4v) is 2.05.